The smallest absolute Gasteiger partial charge is 0.308 e. The summed E-state index contributed by atoms with van der Waals surface area (Å²) in [5, 5.41) is 0.506. The summed E-state index contributed by atoms with van der Waals surface area (Å²) in [6.07, 6.45) is 0. The molecule has 0 aliphatic heterocycles. The third kappa shape index (κ3) is 5.27. The van der Waals surface area contributed by atoms with Crippen molar-refractivity contribution in [2.24, 2.45) is 5.92 Å². The Morgan fingerprint density at radius 3 is 2.30 bits per heavy atom. The van der Waals surface area contributed by atoms with Gasteiger partial charge in [0.15, 0.2) is 6.61 Å². The Hall–Kier alpha value is -2.08. The fraction of sp³-hybridized carbons (Fsp3) is 0.308. The fourth-order valence-corrected chi connectivity index (χ4v) is 1.27. The molecule has 0 spiro atoms. The van der Waals surface area contributed by atoms with Gasteiger partial charge in [-0.2, -0.15) is 0 Å². The van der Waals surface area contributed by atoms with Crippen molar-refractivity contribution in [1.29, 1.82) is 0 Å². The maximum Gasteiger partial charge on any atom is 0.308 e. The normalized spacial score (nSPS) is 10.0. The number of halogens is 1. The van der Waals surface area contributed by atoms with Crippen LogP contribution < -0.4 is 10.9 Å². The van der Waals surface area contributed by atoms with Gasteiger partial charge in [0.1, 0.15) is 0 Å². The Bertz CT molecular complexity index is 500. The molecule has 0 unspecified atom stereocenters. The van der Waals surface area contributed by atoms with E-state index in [0.29, 0.717) is 10.6 Å². The Balaban J connectivity index is 2.35. The van der Waals surface area contributed by atoms with Crippen LogP contribution in [-0.2, 0) is 14.3 Å². The van der Waals surface area contributed by atoms with E-state index in [4.69, 9.17) is 16.3 Å². The largest absolute Gasteiger partial charge is 0.455 e. The number of hydrogen-bond donors (Lipinski definition) is 2. The van der Waals surface area contributed by atoms with E-state index >= 15 is 0 Å². The number of hydrogen-bond acceptors (Lipinski definition) is 4. The lowest BCUT2D eigenvalue weighted by Gasteiger charge is -2.09. The van der Waals surface area contributed by atoms with Gasteiger partial charge >= 0.3 is 5.97 Å². The molecule has 0 atom stereocenters. The Labute approximate surface area is 121 Å². The lowest BCUT2D eigenvalue weighted by molar-refractivity contribution is -0.151. The molecular weight excluding hydrogens is 284 g/mol. The molecule has 1 aromatic rings. The van der Waals surface area contributed by atoms with E-state index in [-0.39, 0.29) is 5.92 Å². The molecule has 7 heteroatoms. The van der Waals surface area contributed by atoms with E-state index in [1.165, 1.54) is 12.1 Å². The highest BCUT2D eigenvalue weighted by molar-refractivity contribution is 6.30. The third-order valence-electron chi connectivity index (χ3n) is 2.24. The van der Waals surface area contributed by atoms with Gasteiger partial charge in [-0.1, -0.05) is 25.4 Å². The zero-order valence-electron chi connectivity index (χ0n) is 11.1. The molecule has 1 rings (SSSR count). The van der Waals surface area contributed by atoms with Gasteiger partial charge in [0.05, 0.1) is 5.92 Å². The van der Waals surface area contributed by atoms with Crippen LogP contribution in [0.4, 0.5) is 0 Å². The van der Waals surface area contributed by atoms with Crippen LogP contribution in [0.15, 0.2) is 24.3 Å². The van der Waals surface area contributed by atoms with Gasteiger partial charge in [0.2, 0.25) is 0 Å². The second-order valence-corrected chi connectivity index (χ2v) is 4.71. The van der Waals surface area contributed by atoms with Crippen LogP contribution in [0, 0.1) is 5.92 Å². The van der Waals surface area contributed by atoms with Crippen LogP contribution in [0.1, 0.15) is 24.2 Å². The van der Waals surface area contributed by atoms with Gasteiger partial charge < -0.3 is 4.74 Å². The van der Waals surface area contributed by atoms with Crippen molar-refractivity contribution < 1.29 is 19.1 Å². The first-order valence-electron chi connectivity index (χ1n) is 5.91. The number of hydrazine groups is 1. The molecule has 0 heterocycles. The van der Waals surface area contributed by atoms with Crippen LogP contribution >= 0.6 is 11.6 Å². The summed E-state index contributed by atoms with van der Waals surface area (Å²) in [4.78, 5) is 34.1. The summed E-state index contributed by atoms with van der Waals surface area (Å²) in [7, 11) is 0. The second kappa shape index (κ2) is 7.49. The molecule has 0 radical (unpaired) electrons. The fourth-order valence-electron chi connectivity index (χ4n) is 1.14. The maximum absolute atomic E-state index is 11.6. The first kappa shape index (κ1) is 16.0. The van der Waals surface area contributed by atoms with E-state index in [1.807, 2.05) is 0 Å². The molecule has 0 saturated carbocycles. The zero-order valence-corrected chi connectivity index (χ0v) is 11.9. The van der Waals surface area contributed by atoms with E-state index < -0.39 is 24.4 Å². The maximum atomic E-state index is 11.6. The van der Waals surface area contributed by atoms with Crippen molar-refractivity contribution in [2.75, 3.05) is 6.61 Å². The number of amides is 2. The summed E-state index contributed by atoms with van der Waals surface area (Å²) in [6, 6.07) is 6.15. The zero-order chi connectivity index (χ0) is 15.1. The molecule has 0 aromatic heterocycles. The summed E-state index contributed by atoms with van der Waals surface area (Å²) in [5.41, 5.74) is 4.68. The number of nitrogens with one attached hydrogen (secondary N) is 2. The second-order valence-electron chi connectivity index (χ2n) is 4.27. The first-order valence-corrected chi connectivity index (χ1v) is 6.29. The predicted molar refractivity (Wildman–Crippen MR) is 72.9 cm³/mol. The van der Waals surface area contributed by atoms with E-state index in [0.717, 1.165) is 0 Å². The number of carbonyl (C=O) groups is 3. The van der Waals surface area contributed by atoms with Crippen molar-refractivity contribution in [1.82, 2.24) is 10.9 Å². The first-order chi connectivity index (χ1) is 9.40. The Kier molecular flexibility index (Phi) is 5.99. The molecule has 0 fully saturated rings. The SMILES string of the molecule is CC(C)C(=O)OCC(=O)NNC(=O)c1ccc(Cl)cc1. The summed E-state index contributed by atoms with van der Waals surface area (Å²) in [5.74, 6) is -1.91. The van der Waals surface area contributed by atoms with Crippen LogP contribution in [-0.4, -0.2) is 24.4 Å². The average Bonchev–Trinajstić information content (AvgIpc) is 2.42. The lowest BCUT2D eigenvalue weighted by Crippen LogP contribution is -2.43. The summed E-state index contributed by atoms with van der Waals surface area (Å²) in [6.45, 7) is 2.86. The van der Waals surface area contributed by atoms with Crippen LogP contribution in [0.5, 0.6) is 0 Å². The van der Waals surface area contributed by atoms with Crippen LogP contribution in [0.25, 0.3) is 0 Å². The summed E-state index contributed by atoms with van der Waals surface area (Å²) >= 11 is 5.69. The van der Waals surface area contributed by atoms with Gasteiger partial charge in [-0.3, -0.25) is 25.2 Å². The highest BCUT2D eigenvalue weighted by atomic mass is 35.5. The molecular formula is C13H15ClN2O4. The highest BCUT2D eigenvalue weighted by Crippen LogP contribution is 2.08. The predicted octanol–water partition coefficient (Wildman–Crippen LogP) is 1.30. The number of carbonyl (C=O) groups excluding carboxylic acids is 3. The van der Waals surface area contributed by atoms with Crippen molar-refractivity contribution in [3.05, 3.63) is 34.9 Å². The van der Waals surface area contributed by atoms with Crippen molar-refractivity contribution in [2.45, 2.75) is 13.8 Å². The number of ether oxygens (including phenoxy) is 1. The number of benzene rings is 1. The molecule has 2 N–H and O–H groups in total. The minimum absolute atomic E-state index is 0.313. The quantitative estimate of drug-likeness (QED) is 0.648. The topological polar surface area (TPSA) is 84.5 Å². The molecule has 0 saturated heterocycles. The van der Waals surface area contributed by atoms with Crippen LogP contribution in [0.2, 0.25) is 5.02 Å². The van der Waals surface area contributed by atoms with Gasteiger partial charge in [-0.05, 0) is 24.3 Å². The number of esters is 1. The Morgan fingerprint density at radius 1 is 1.15 bits per heavy atom. The van der Waals surface area contributed by atoms with E-state index in [1.54, 1.807) is 26.0 Å². The van der Waals surface area contributed by atoms with Gasteiger partial charge in [0, 0.05) is 10.6 Å². The third-order valence-corrected chi connectivity index (χ3v) is 2.49. The molecule has 0 bridgehead atoms. The molecule has 108 valence electrons. The average molecular weight is 299 g/mol. The van der Waals surface area contributed by atoms with E-state index in [9.17, 15) is 14.4 Å². The minimum atomic E-state index is -0.624. The summed E-state index contributed by atoms with van der Waals surface area (Å²) < 4.78 is 4.70. The monoisotopic (exact) mass is 298 g/mol. The van der Waals surface area contributed by atoms with Gasteiger partial charge in [0.25, 0.3) is 11.8 Å². The molecule has 0 aliphatic carbocycles. The van der Waals surface area contributed by atoms with Gasteiger partial charge in [-0.25, -0.2) is 0 Å². The van der Waals surface area contributed by atoms with Crippen molar-refractivity contribution in [3.63, 3.8) is 0 Å². The molecule has 0 aliphatic rings. The van der Waals surface area contributed by atoms with Crippen LogP contribution in [0.3, 0.4) is 0 Å². The number of rotatable bonds is 4. The molecule has 20 heavy (non-hydrogen) atoms. The molecule has 6 nitrogen and oxygen atoms in total. The highest BCUT2D eigenvalue weighted by Gasteiger charge is 2.12. The van der Waals surface area contributed by atoms with Crippen molar-refractivity contribution >= 4 is 29.4 Å². The molecule has 1 aromatic carbocycles. The minimum Gasteiger partial charge on any atom is -0.455 e. The van der Waals surface area contributed by atoms with E-state index in [2.05, 4.69) is 10.9 Å². The standard InChI is InChI=1S/C13H15ClN2O4/c1-8(2)13(19)20-7-11(17)15-16-12(18)9-3-5-10(14)6-4-9/h3-6,8H,7H2,1-2H3,(H,15,17)(H,16,18). The van der Waals surface area contributed by atoms with Crippen molar-refractivity contribution in [3.8, 4) is 0 Å². The lowest BCUT2D eigenvalue weighted by atomic mass is 10.2. The van der Waals surface area contributed by atoms with Gasteiger partial charge in [-0.15, -0.1) is 0 Å². The molecule has 2 amide bonds. The Morgan fingerprint density at radius 2 is 1.75 bits per heavy atom.